The molecule has 0 aliphatic rings. The van der Waals surface area contributed by atoms with Crippen molar-refractivity contribution in [1.29, 1.82) is 0 Å². The summed E-state index contributed by atoms with van der Waals surface area (Å²) in [4.78, 5) is 12.5. The van der Waals surface area contributed by atoms with Crippen LogP contribution in [0.1, 0.15) is 0 Å². The molecule has 2 aromatic heterocycles. The highest BCUT2D eigenvalue weighted by molar-refractivity contribution is 5.85. The first kappa shape index (κ1) is 16.9. The summed E-state index contributed by atoms with van der Waals surface area (Å²) in [5, 5.41) is 0.314. The molecule has 0 saturated heterocycles. The number of pyridine rings is 1. The van der Waals surface area contributed by atoms with E-state index in [2.05, 4.69) is 15.0 Å². The van der Waals surface area contributed by atoms with Gasteiger partial charge in [-0.2, -0.15) is 13.8 Å². The zero-order valence-electron chi connectivity index (χ0n) is 13.5. The number of nitrogens with zero attached hydrogens (tertiary/aromatic N) is 3. The lowest BCUT2D eigenvalue weighted by atomic mass is 10.2. The molecule has 0 radical (unpaired) electrons. The van der Waals surface area contributed by atoms with Gasteiger partial charge in [-0.15, -0.1) is 0 Å². The molecule has 0 saturated carbocycles. The normalized spacial score (nSPS) is 11.0. The lowest BCUT2D eigenvalue weighted by Crippen LogP contribution is -2.02. The van der Waals surface area contributed by atoms with Crippen molar-refractivity contribution in [2.75, 3.05) is 0 Å². The Labute approximate surface area is 150 Å². The number of rotatable bonds is 3. The summed E-state index contributed by atoms with van der Waals surface area (Å²) in [6, 6.07) is 10.00. The van der Waals surface area contributed by atoms with Crippen molar-refractivity contribution in [3.8, 4) is 23.0 Å². The van der Waals surface area contributed by atoms with E-state index in [0.717, 1.165) is 0 Å². The largest absolute Gasteiger partial charge is 0.432 e. The van der Waals surface area contributed by atoms with Gasteiger partial charge in [-0.25, -0.2) is 13.8 Å². The van der Waals surface area contributed by atoms with Gasteiger partial charge < -0.3 is 4.74 Å². The fourth-order valence-corrected chi connectivity index (χ4v) is 2.49. The Balaban J connectivity index is 1.92. The molecule has 2 aromatic carbocycles. The number of ether oxygens (including phenoxy) is 1. The van der Waals surface area contributed by atoms with Crippen LogP contribution in [0.15, 0.2) is 54.9 Å². The molecule has 0 N–H and O–H groups in total. The van der Waals surface area contributed by atoms with Crippen molar-refractivity contribution in [3.63, 3.8) is 0 Å². The minimum Gasteiger partial charge on any atom is -0.432 e. The number of hydrogen-bond acceptors (Lipinski definition) is 4. The van der Waals surface area contributed by atoms with Crippen molar-refractivity contribution in [1.82, 2.24) is 15.0 Å². The van der Waals surface area contributed by atoms with Crippen molar-refractivity contribution in [2.24, 2.45) is 0 Å². The first-order chi connectivity index (χ1) is 13.0. The molecule has 4 aromatic rings. The quantitative estimate of drug-likeness (QED) is 0.374. The van der Waals surface area contributed by atoms with E-state index >= 15 is 0 Å². The van der Waals surface area contributed by atoms with Gasteiger partial charge in [0.05, 0.1) is 10.9 Å². The monoisotopic (exact) mass is 371 g/mol. The number of para-hydroxylation sites is 1. The zero-order valence-corrected chi connectivity index (χ0v) is 13.5. The number of fused-ring (bicyclic) bond motifs is 1. The van der Waals surface area contributed by atoms with Gasteiger partial charge in [0.15, 0.2) is 17.5 Å². The first-order valence-electron chi connectivity index (χ1n) is 7.72. The van der Waals surface area contributed by atoms with Gasteiger partial charge >= 0.3 is 0 Å². The van der Waals surface area contributed by atoms with Gasteiger partial charge in [0.2, 0.25) is 23.3 Å². The van der Waals surface area contributed by atoms with E-state index in [4.69, 9.17) is 4.74 Å². The molecule has 0 fully saturated rings. The van der Waals surface area contributed by atoms with Crippen LogP contribution in [0.5, 0.6) is 11.6 Å². The van der Waals surface area contributed by atoms with E-state index in [1.807, 2.05) is 0 Å². The Bertz CT molecular complexity index is 1130. The van der Waals surface area contributed by atoms with Crippen LogP contribution in [0.2, 0.25) is 0 Å². The van der Waals surface area contributed by atoms with Crippen LogP contribution in [0.4, 0.5) is 17.6 Å². The van der Waals surface area contributed by atoms with E-state index in [1.54, 1.807) is 42.6 Å². The molecular weight excluding hydrogens is 362 g/mol. The summed E-state index contributed by atoms with van der Waals surface area (Å²) in [5.41, 5.74) is 0.943. The maximum absolute atomic E-state index is 14.0. The van der Waals surface area contributed by atoms with Gasteiger partial charge in [-0.3, -0.25) is 4.98 Å². The molecule has 0 atom stereocenters. The topological polar surface area (TPSA) is 47.9 Å². The third kappa shape index (κ3) is 3.05. The second-order valence-corrected chi connectivity index (χ2v) is 5.51. The molecule has 4 rings (SSSR count). The lowest BCUT2D eigenvalue weighted by molar-refractivity contribution is 0.361. The van der Waals surface area contributed by atoms with Gasteiger partial charge in [0.1, 0.15) is 0 Å². The Kier molecular flexibility index (Phi) is 4.15. The minimum absolute atomic E-state index is 0.108. The van der Waals surface area contributed by atoms with Crippen LogP contribution in [0.3, 0.4) is 0 Å². The SMILES string of the molecule is Fc1cc(F)c(F)c(Oc2nc(-c3cccnc3)nc3ccccc23)c1F. The average molecular weight is 371 g/mol. The highest BCUT2D eigenvalue weighted by atomic mass is 19.2. The maximum atomic E-state index is 14.0. The van der Waals surface area contributed by atoms with Crippen LogP contribution in [-0.4, -0.2) is 15.0 Å². The van der Waals surface area contributed by atoms with E-state index in [0.29, 0.717) is 16.5 Å². The fraction of sp³-hybridized carbons (Fsp3) is 0. The molecule has 27 heavy (non-hydrogen) atoms. The van der Waals surface area contributed by atoms with Crippen molar-refractivity contribution in [2.45, 2.75) is 0 Å². The molecule has 0 aliphatic heterocycles. The number of benzene rings is 2. The molecule has 0 spiro atoms. The average Bonchev–Trinajstić information content (AvgIpc) is 2.70. The van der Waals surface area contributed by atoms with Gasteiger partial charge in [0, 0.05) is 24.0 Å². The molecule has 0 amide bonds. The Morgan fingerprint density at radius 1 is 0.815 bits per heavy atom. The second kappa shape index (κ2) is 6.64. The maximum Gasteiger partial charge on any atom is 0.231 e. The van der Waals surface area contributed by atoms with Crippen LogP contribution in [0, 0.1) is 23.3 Å². The highest BCUT2D eigenvalue weighted by Gasteiger charge is 2.23. The Morgan fingerprint density at radius 2 is 1.56 bits per heavy atom. The summed E-state index contributed by atoms with van der Waals surface area (Å²) in [5.74, 6) is -7.74. The number of halogens is 4. The molecule has 8 heteroatoms. The zero-order chi connectivity index (χ0) is 19.0. The standard InChI is InChI=1S/C19H9F4N3O/c20-12-8-13(21)16(23)17(15(12)22)27-19-11-5-1-2-6-14(11)25-18(26-19)10-4-3-7-24-9-10/h1-9H. The second-order valence-electron chi connectivity index (χ2n) is 5.51. The number of aromatic nitrogens is 3. The van der Waals surface area contributed by atoms with Crippen LogP contribution >= 0.6 is 0 Å². The van der Waals surface area contributed by atoms with Crippen molar-refractivity contribution < 1.29 is 22.3 Å². The molecule has 134 valence electrons. The van der Waals surface area contributed by atoms with E-state index in [9.17, 15) is 17.6 Å². The van der Waals surface area contributed by atoms with Gasteiger partial charge in [0.25, 0.3) is 0 Å². The molecule has 0 bridgehead atoms. The minimum atomic E-state index is -1.65. The molecule has 2 heterocycles. The summed E-state index contributed by atoms with van der Waals surface area (Å²) >= 11 is 0. The molecule has 4 nitrogen and oxygen atoms in total. The van der Waals surface area contributed by atoms with Crippen molar-refractivity contribution in [3.05, 3.63) is 78.1 Å². The van der Waals surface area contributed by atoms with Crippen molar-refractivity contribution >= 4 is 10.9 Å². The van der Waals surface area contributed by atoms with E-state index in [1.165, 1.54) is 6.20 Å². The fourth-order valence-electron chi connectivity index (χ4n) is 2.49. The number of hydrogen-bond donors (Lipinski definition) is 0. The summed E-state index contributed by atoms with van der Waals surface area (Å²) in [6.45, 7) is 0. The Hall–Kier alpha value is -3.55. The predicted octanol–water partition coefficient (Wildman–Crippen LogP) is 5.04. The highest BCUT2D eigenvalue weighted by Crippen LogP contribution is 2.34. The van der Waals surface area contributed by atoms with Crippen LogP contribution in [-0.2, 0) is 0 Å². The smallest absolute Gasteiger partial charge is 0.231 e. The van der Waals surface area contributed by atoms with E-state index < -0.39 is 29.0 Å². The lowest BCUT2D eigenvalue weighted by Gasteiger charge is -2.12. The van der Waals surface area contributed by atoms with Gasteiger partial charge in [-0.1, -0.05) is 12.1 Å². The molecule has 0 unspecified atom stereocenters. The summed E-state index contributed by atoms with van der Waals surface area (Å²) in [6.07, 6.45) is 3.05. The third-order valence-corrected chi connectivity index (χ3v) is 3.76. The van der Waals surface area contributed by atoms with Crippen LogP contribution < -0.4 is 4.74 Å². The molecular formula is C19H9F4N3O. The summed E-state index contributed by atoms with van der Waals surface area (Å²) < 4.78 is 60.1. The summed E-state index contributed by atoms with van der Waals surface area (Å²) in [7, 11) is 0. The van der Waals surface area contributed by atoms with Crippen LogP contribution in [0.25, 0.3) is 22.3 Å². The van der Waals surface area contributed by atoms with Gasteiger partial charge in [-0.05, 0) is 24.3 Å². The predicted molar refractivity (Wildman–Crippen MR) is 89.1 cm³/mol. The molecule has 0 aliphatic carbocycles. The first-order valence-corrected chi connectivity index (χ1v) is 7.72. The Morgan fingerprint density at radius 3 is 2.26 bits per heavy atom. The third-order valence-electron chi connectivity index (χ3n) is 3.76. The van der Waals surface area contributed by atoms with E-state index in [-0.39, 0.29) is 17.8 Å².